The van der Waals surface area contributed by atoms with Crippen molar-refractivity contribution in [1.29, 1.82) is 0 Å². The van der Waals surface area contributed by atoms with Crippen LogP contribution >= 0.6 is 0 Å². The van der Waals surface area contributed by atoms with Crippen LogP contribution in [0, 0.1) is 5.82 Å². The Kier molecular flexibility index (Phi) is 3.35. The molecule has 0 spiro atoms. The summed E-state index contributed by atoms with van der Waals surface area (Å²) in [4.78, 5) is 18.7. The van der Waals surface area contributed by atoms with Crippen molar-refractivity contribution in [3.05, 3.63) is 58.3 Å². The van der Waals surface area contributed by atoms with Crippen LogP contribution in [0.2, 0.25) is 0 Å². The number of benzene rings is 1. The van der Waals surface area contributed by atoms with E-state index in [1.54, 1.807) is 24.4 Å². The van der Waals surface area contributed by atoms with Crippen LogP contribution in [0.3, 0.4) is 0 Å². The second-order valence-corrected chi connectivity index (χ2v) is 4.53. The molecule has 6 heteroatoms. The summed E-state index contributed by atoms with van der Waals surface area (Å²) in [6.45, 7) is 1.98. The van der Waals surface area contributed by atoms with E-state index in [0.717, 1.165) is 12.0 Å². The smallest absolute Gasteiger partial charge is 0.263 e. The predicted octanol–water partition coefficient (Wildman–Crippen LogP) is 2.79. The Morgan fingerprint density at radius 2 is 2.05 bits per heavy atom. The van der Waals surface area contributed by atoms with Crippen LogP contribution in [0.5, 0.6) is 0 Å². The number of H-pyrrole nitrogens is 1. The fourth-order valence-corrected chi connectivity index (χ4v) is 1.94. The lowest BCUT2D eigenvalue weighted by Crippen LogP contribution is -2.09. The summed E-state index contributed by atoms with van der Waals surface area (Å²) in [7, 11) is 0. The minimum Gasteiger partial charge on any atom is -0.333 e. The fraction of sp³-hybridized carbons (Fsp3) is 0.133. The molecule has 1 aromatic carbocycles. The van der Waals surface area contributed by atoms with E-state index in [-0.39, 0.29) is 17.3 Å². The molecule has 5 nitrogen and oxygen atoms in total. The van der Waals surface area contributed by atoms with Gasteiger partial charge in [0.05, 0.1) is 0 Å². The minimum absolute atomic E-state index is 0.144. The van der Waals surface area contributed by atoms with E-state index in [1.165, 1.54) is 12.1 Å². The van der Waals surface area contributed by atoms with Gasteiger partial charge >= 0.3 is 0 Å². The molecule has 0 radical (unpaired) electrons. The monoisotopic (exact) mass is 285 g/mol. The SMILES string of the molecule is CCc1c[nH]c(=O)c(-c2nc(-c3ccc(F)cc3)no2)c1. The second kappa shape index (κ2) is 5.32. The third-order valence-electron chi connectivity index (χ3n) is 3.13. The average molecular weight is 285 g/mol. The van der Waals surface area contributed by atoms with Gasteiger partial charge in [0.25, 0.3) is 11.4 Å². The maximum absolute atomic E-state index is 12.9. The van der Waals surface area contributed by atoms with Crippen LogP contribution in [0.15, 0.2) is 45.8 Å². The van der Waals surface area contributed by atoms with Crippen molar-refractivity contribution in [2.24, 2.45) is 0 Å². The number of aryl methyl sites for hydroxylation is 1. The number of rotatable bonds is 3. The predicted molar refractivity (Wildman–Crippen MR) is 75.1 cm³/mol. The Labute approximate surface area is 119 Å². The molecule has 0 fully saturated rings. The van der Waals surface area contributed by atoms with Gasteiger partial charge in [-0.05, 0) is 42.3 Å². The van der Waals surface area contributed by atoms with Gasteiger partial charge in [-0.25, -0.2) is 4.39 Å². The fourth-order valence-electron chi connectivity index (χ4n) is 1.94. The quantitative estimate of drug-likeness (QED) is 0.803. The number of halogens is 1. The van der Waals surface area contributed by atoms with Crippen molar-refractivity contribution < 1.29 is 8.91 Å². The molecule has 1 N–H and O–H groups in total. The second-order valence-electron chi connectivity index (χ2n) is 4.53. The molecule has 3 aromatic rings. The van der Waals surface area contributed by atoms with Gasteiger partial charge in [0.2, 0.25) is 5.82 Å². The third-order valence-corrected chi connectivity index (χ3v) is 3.13. The highest BCUT2D eigenvalue weighted by Crippen LogP contribution is 2.20. The zero-order valence-electron chi connectivity index (χ0n) is 11.3. The number of hydrogen-bond acceptors (Lipinski definition) is 4. The molecule has 0 aliphatic rings. The molecule has 0 saturated heterocycles. The first-order valence-corrected chi connectivity index (χ1v) is 6.49. The van der Waals surface area contributed by atoms with Crippen LogP contribution in [0.1, 0.15) is 12.5 Å². The van der Waals surface area contributed by atoms with Gasteiger partial charge in [0.15, 0.2) is 0 Å². The molecule has 2 aromatic heterocycles. The Hall–Kier alpha value is -2.76. The maximum Gasteiger partial charge on any atom is 0.263 e. The molecule has 0 aliphatic heterocycles. The number of pyridine rings is 1. The van der Waals surface area contributed by atoms with E-state index in [2.05, 4.69) is 15.1 Å². The lowest BCUT2D eigenvalue weighted by atomic mass is 10.1. The Morgan fingerprint density at radius 1 is 1.29 bits per heavy atom. The van der Waals surface area contributed by atoms with Crippen molar-refractivity contribution in [3.8, 4) is 22.8 Å². The number of aromatic nitrogens is 3. The minimum atomic E-state index is -0.338. The molecule has 0 unspecified atom stereocenters. The van der Waals surface area contributed by atoms with Crippen molar-refractivity contribution in [3.63, 3.8) is 0 Å². The molecule has 0 amide bonds. The van der Waals surface area contributed by atoms with Gasteiger partial charge in [-0.3, -0.25) is 4.79 Å². The highest BCUT2D eigenvalue weighted by Gasteiger charge is 2.14. The Morgan fingerprint density at radius 3 is 2.76 bits per heavy atom. The van der Waals surface area contributed by atoms with E-state index in [9.17, 15) is 9.18 Å². The molecule has 0 bridgehead atoms. The lowest BCUT2D eigenvalue weighted by Gasteiger charge is -1.97. The standard InChI is InChI=1S/C15H12FN3O2/c1-2-9-7-12(14(20)17-8-9)15-18-13(19-21-15)10-3-5-11(16)6-4-10/h3-8H,2H2,1H3,(H,17,20). The molecule has 0 saturated carbocycles. The van der Waals surface area contributed by atoms with Crippen molar-refractivity contribution in [2.75, 3.05) is 0 Å². The molecule has 106 valence electrons. The van der Waals surface area contributed by atoms with Crippen molar-refractivity contribution >= 4 is 0 Å². The first-order chi connectivity index (χ1) is 10.2. The number of nitrogens with one attached hydrogen (secondary N) is 1. The molecule has 0 aliphatic carbocycles. The average Bonchev–Trinajstić information content (AvgIpc) is 2.98. The van der Waals surface area contributed by atoms with E-state index in [1.807, 2.05) is 6.92 Å². The van der Waals surface area contributed by atoms with Crippen LogP contribution in [-0.4, -0.2) is 15.1 Å². The zero-order valence-corrected chi connectivity index (χ0v) is 11.3. The Balaban J connectivity index is 2.02. The third kappa shape index (κ3) is 2.60. The molecule has 2 heterocycles. The van der Waals surface area contributed by atoms with Gasteiger partial charge in [0, 0.05) is 11.8 Å². The number of nitrogens with zero attached hydrogens (tertiary/aromatic N) is 2. The summed E-state index contributed by atoms with van der Waals surface area (Å²) < 4.78 is 18.0. The van der Waals surface area contributed by atoms with E-state index in [0.29, 0.717) is 17.0 Å². The number of hydrogen-bond donors (Lipinski definition) is 1. The van der Waals surface area contributed by atoms with E-state index in [4.69, 9.17) is 4.52 Å². The van der Waals surface area contributed by atoms with Crippen molar-refractivity contribution in [1.82, 2.24) is 15.1 Å². The maximum atomic E-state index is 12.9. The summed E-state index contributed by atoms with van der Waals surface area (Å²) in [6.07, 6.45) is 2.44. The first kappa shape index (κ1) is 13.2. The first-order valence-electron chi connectivity index (χ1n) is 6.49. The van der Waals surface area contributed by atoms with Crippen LogP contribution < -0.4 is 5.56 Å². The summed E-state index contributed by atoms with van der Waals surface area (Å²) in [6, 6.07) is 7.46. The van der Waals surface area contributed by atoms with Gasteiger partial charge < -0.3 is 9.51 Å². The van der Waals surface area contributed by atoms with Crippen LogP contribution in [-0.2, 0) is 6.42 Å². The Bertz CT molecular complexity index is 821. The summed E-state index contributed by atoms with van der Waals surface area (Å²) in [5.41, 5.74) is 1.62. The highest BCUT2D eigenvalue weighted by atomic mass is 19.1. The van der Waals surface area contributed by atoms with Crippen LogP contribution in [0.4, 0.5) is 4.39 Å². The van der Waals surface area contributed by atoms with Gasteiger partial charge in [-0.1, -0.05) is 12.1 Å². The normalized spacial score (nSPS) is 10.8. The van der Waals surface area contributed by atoms with E-state index >= 15 is 0 Å². The number of aromatic amines is 1. The summed E-state index contributed by atoms with van der Waals surface area (Å²) in [5.74, 6) is 0.117. The van der Waals surface area contributed by atoms with E-state index < -0.39 is 0 Å². The molecule has 21 heavy (non-hydrogen) atoms. The van der Waals surface area contributed by atoms with Gasteiger partial charge in [-0.2, -0.15) is 4.98 Å². The molecular formula is C15H12FN3O2. The lowest BCUT2D eigenvalue weighted by molar-refractivity contribution is 0.432. The van der Waals surface area contributed by atoms with Crippen molar-refractivity contribution in [2.45, 2.75) is 13.3 Å². The largest absolute Gasteiger partial charge is 0.333 e. The molecular weight excluding hydrogens is 273 g/mol. The summed E-state index contributed by atoms with van der Waals surface area (Å²) in [5, 5.41) is 3.83. The topological polar surface area (TPSA) is 71.8 Å². The summed E-state index contributed by atoms with van der Waals surface area (Å²) >= 11 is 0. The molecule has 3 rings (SSSR count). The zero-order chi connectivity index (χ0) is 14.8. The van der Waals surface area contributed by atoms with Gasteiger partial charge in [0.1, 0.15) is 11.4 Å². The molecule has 0 atom stereocenters. The highest BCUT2D eigenvalue weighted by molar-refractivity contribution is 5.59. The van der Waals surface area contributed by atoms with Crippen LogP contribution in [0.25, 0.3) is 22.8 Å². The van der Waals surface area contributed by atoms with Gasteiger partial charge in [-0.15, -0.1) is 0 Å².